The number of hydrogen-bond donors (Lipinski definition) is 0. The lowest BCUT2D eigenvalue weighted by Crippen LogP contribution is -2.24. The van der Waals surface area contributed by atoms with Crippen LogP contribution in [0.3, 0.4) is 0 Å². The Hall–Kier alpha value is -1.09. The van der Waals surface area contributed by atoms with Crippen LogP contribution in [0.15, 0.2) is 6.07 Å². The second kappa shape index (κ2) is 3.98. The van der Waals surface area contributed by atoms with E-state index in [1.54, 1.807) is 0 Å². The summed E-state index contributed by atoms with van der Waals surface area (Å²) in [7, 11) is 0. The van der Waals surface area contributed by atoms with E-state index in [0.717, 1.165) is 23.6 Å². The predicted octanol–water partition coefficient (Wildman–Crippen LogP) is 2.33. The maximum atomic E-state index is 11.0. The van der Waals surface area contributed by atoms with E-state index in [-0.39, 0.29) is 0 Å². The van der Waals surface area contributed by atoms with Gasteiger partial charge in [-0.1, -0.05) is 0 Å². The first-order valence-electron chi connectivity index (χ1n) is 6.58. The van der Waals surface area contributed by atoms with E-state index in [9.17, 15) is 4.79 Å². The third kappa shape index (κ3) is 1.82. The Labute approximate surface area is 102 Å². The highest BCUT2D eigenvalue weighted by atomic mass is 16.1. The fourth-order valence-electron chi connectivity index (χ4n) is 3.23. The van der Waals surface area contributed by atoms with Gasteiger partial charge in [-0.3, -0.25) is 9.69 Å². The molecule has 17 heavy (non-hydrogen) atoms. The van der Waals surface area contributed by atoms with Crippen LogP contribution in [0.2, 0.25) is 0 Å². The van der Waals surface area contributed by atoms with Crippen LogP contribution in [-0.2, 0) is 0 Å². The van der Waals surface area contributed by atoms with Gasteiger partial charge < -0.3 is 4.57 Å². The van der Waals surface area contributed by atoms with Crippen molar-refractivity contribution in [3.05, 3.63) is 23.0 Å². The van der Waals surface area contributed by atoms with Gasteiger partial charge in [0, 0.05) is 42.1 Å². The average molecular weight is 232 g/mol. The minimum atomic E-state index is 0.573. The van der Waals surface area contributed by atoms with Gasteiger partial charge in [0.25, 0.3) is 0 Å². The fraction of sp³-hybridized carbons (Fsp3) is 0.643. The summed E-state index contributed by atoms with van der Waals surface area (Å²) in [6, 6.07) is 3.45. The zero-order valence-corrected chi connectivity index (χ0v) is 10.6. The highest BCUT2D eigenvalue weighted by Crippen LogP contribution is 2.34. The van der Waals surface area contributed by atoms with Crippen LogP contribution in [-0.4, -0.2) is 34.9 Å². The number of hydrogen-bond acceptors (Lipinski definition) is 2. The van der Waals surface area contributed by atoms with Gasteiger partial charge in [0.2, 0.25) is 0 Å². The molecule has 1 atom stereocenters. The van der Waals surface area contributed by atoms with Crippen molar-refractivity contribution in [2.45, 2.75) is 45.2 Å². The number of carbonyl (C=O) groups is 1. The molecule has 3 rings (SSSR count). The van der Waals surface area contributed by atoms with Gasteiger partial charge >= 0.3 is 0 Å². The fourth-order valence-corrected chi connectivity index (χ4v) is 3.23. The Morgan fingerprint density at radius 2 is 2.00 bits per heavy atom. The molecule has 0 amide bonds. The van der Waals surface area contributed by atoms with Crippen LogP contribution in [0.25, 0.3) is 0 Å². The van der Waals surface area contributed by atoms with Crippen molar-refractivity contribution < 1.29 is 4.79 Å². The lowest BCUT2D eigenvalue weighted by molar-refractivity contribution is 0.112. The molecule has 0 N–H and O–H groups in total. The Morgan fingerprint density at radius 3 is 2.59 bits per heavy atom. The molecule has 0 aromatic carbocycles. The van der Waals surface area contributed by atoms with Crippen molar-refractivity contribution in [1.29, 1.82) is 0 Å². The molecule has 2 fully saturated rings. The first kappa shape index (κ1) is 11.0. The van der Waals surface area contributed by atoms with Gasteiger partial charge in [0.1, 0.15) is 0 Å². The molecule has 1 aromatic heterocycles. The lowest BCUT2D eigenvalue weighted by atomic mass is 10.2. The molecule has 1 aliphatic heterocycles. The number of aryl methyl sites for hydroxylation is 1. The van der Waals surface area contributed by atoms with Crippen LogP contribution < -0.4 is 0 Å². The summed E-state index contributed by atoms with van der Waals surface area (Å²) in [6.07, 6.45) is 4.98. The molecule has 1 aliphatic carbocycles. The van der Waals surface area contributed by atoms with Crippen molar-refractivity contribution in [3.8, 4) is 0 Å². The van der Waals surface area contributed by atoms with Gasteiger partial charge in [-0.25, -0.2) is 0 Å². The molecule has 1 aromatic rings. The normalized spacial score (nSPS) is 25.4. The number of carbonyl (C=O) groups excluding carboxylic acids is 1. The summed E-state index contributed by atoms with van der Waals surface area (Å²) >= 11 is 0. The maximum absolute atomic E-state index is 11.0. The zero-order chi connectivity index (χ0) is 12.0. The molecule has 1 saturated carbocycles. The molecular weight excluding hydrogens is 212 g/mol. The van der Waals surface area contributed by atoms with Gasteiger partial charge in [-0.2, -0.15) is 0 Å². The van der Waals surface area contributed by atoms with Crippen LogP contribution in [0.1, 0.15) is 47.1 Å². The van der Waals surface area contributed by atoms with E-state index in [2.05, 4.69) is 23.3 Å². The topological polar surface area (TPSA) is 25.2 Å². The average Bonchev–Trinajstić information content (AvgIpc) is 2.99. The predicted molar refractivity (Wildman–Crippen MR) is 67.5 cm³/mol. The summed E-state index contributed by atoms with van der Waals surface area (Å²) in [5, 5.41) is 0. The van der Waals surface area contributed by atoms with Crippen molar-refractivity contribution in [2.24, 2.45) is 0 Å². The van der Waals surface area contributed by atoms with Gasteiger partial charge in [0.15, 0.2) is 6.29 Å². The third-order valence-electron chi connectivity index (χ3n) is 4.27. The Kier molecular flexibility index (Phi) is 2.58. The van der Waals surface area contributed by atoms with Crippen LogP contribution >= 0.6 is 0 Å². The summed E-state index contributed by atoms with van der Waals surface area (Å²) < 4.78 is 2.37. The Bertz CT molecular complexity index is 445. The van der Waals surface area contributed by atoms with Crippen LogP contribution in [0.4, 0.5) is 0 Å². The second-order valence-corrected chi connectivity index (χ2v) is 5.48. The Balaban J connectivity index is 1.84. The minimum Gasteiger partial charge on any atom is -0.344 e. The van der Waals surface area contributed by atoms with E-state index >= 15 is 0 Å². The van der Waals surface area contributed by atoms with Crippen LogP contribution in [0.5, 0.6) is 0 Å². The quantitative estimate of drug-likeness (QED) is 0.747. The summed E-state index contributed by atoms with van der Waals surface area (Å²) in [5.74, 6) is 0. The smallest absolute Gasteiger partial charge is 0.151 e. The van der Waals surface area contributed by atoms with E-state index in [1.807, 2.05) is 6.07 Å². The molecule has 1 unspecified atom stereocenters. The summed E-state index contributed by atoms with van der Waals surface area (Å²) in [4.78, 5) is 13.6. The molecule has 3 heteroatoms. The van der Waals surface area contributed by atoms with Gasteiger partial charge in [0.05, 0.1) is 0 Å². The number of aldehydes is 1. The number of likely N-dealkylation sites (tertiary alicyclic amines) is 1. The second-order valence-electron chi connectivity index (χ2n) is 5.48. The highest BCUT2D eigenvalue weighted by Gasteiger charge is 2.35. The lowest BCUT2D eigenvalue weighted by Gasteiger charge is -2.19. The standard InChI is InChI=1S/C14H20N2O/c1-10-7-12(9-17)11(2)16(10)14-5-6-15(8-14)13-3-4-13/h7,9,13-14H,3-6,8H2,1-2H3. The third-order valence-corrected chi connectivity index (χ3v) is 4.27. The summed E-state index contributed by atoms with van der Waals surface area (Å²) in [5.41, 5.74) is 3.22. The summed E-state index contributed by atoms with van der Waals surface area (Å²) in [6.45, 7) is 6.57. The molecule has 0 radical (unpaired) electrons. The number of rotatable bonds is 3. The maximum Gasteiger partial charge on any atom is 0.151 e. The molecule has 0 bridgehead atoms. The number of aromatic nitrogens is 1. The van der Waals surface area contributed by atoms with Crippen molar-refractivity contribution in [1.82, 2.24) is 9.47 Å². The van der Waals surface area contributed by atoms with Crippen molar-refractivity contribution >= 4 is 6.29 Å². The van der Waals surface area contributed by atoms with E-state index in [1.165, 1.54) is 38.0 Å². The number of nitrogens with zero attached hydrogens (tertiary/aromatic N) is 2. The van der Waals surface area contributed by atoms with Crippen LogP contribution in [0, 0.1) is 13.8 Å². The highest BCUT2D eigenvalue weighted by molar-refractivity contribution is 5.77. The first-order chi connectivity index (χ1) is 8.20. The molecule has 92 valence electrons. The molecule has 2 aliphatic rings. The molecule has 3 nitrogen and oxygen atoms in total. The minimum absolute atomic E-state index is 0.573. The van der Waals surface area contributed by atoms with Gasteiger partial charge in [-0.05, 0) is 39.2 Å². The molecule has 2 heterocycles. The largest absolute Gasteiger partial charge is 0.344 e. The molecule has 0 spiro atoms. The monoisotopic (exact) mass is 232 g/mol. The van der Waals surface area contributed by atoms with E-state index in [0.29, 0.717) is 6.04 Å². The van der Waals surface area contributed by atoms with Crippen molar-refractivity contribution in [3.63, 3.8) is 0 Å². The van der Waals surface area contributed by atoms with Gasteiger partial charge in [-0.15, -0.1) is 0 Å². The molecule has 1 saturated heterocycles. The first-order valence-corrected chi connectivity index (χ1v) is 6.58. The zero-order valence-electron chi connectivity index (χ0n) is 10.6. The SMILES string of the molecule is Cc1cc(C=O)c(C)n1C1CCN(C2CC2)C1. The van der Waals surface area contributed by atoms with Crippen molar-refractivity contribution in [2.75, 3.05) is 13.1 Å². The van der Waals surface area contributed by atoms with E-state index in [4.69, 9.17) is 0 Å². The van der Waals surface area contributed by atoms with E-state index < -0.39 is 0 Å². The molecular formula is C14H20N2O. The Morgan fingerprint density at radius 1 is 1.24 bits per heavy atom.